The summed E-state index contributed by atoms with van der Waals surface area (Å²) in [7, 11) is 3.80. The van der Waals surface area contributed by atoms with Crippen LogP contribution in [-0.2, 0) is 42.5 Å². The molecule has 4 aliphatic heterocycles. The van der Waals surface area contributed by atoms with Gasteiger partial charge >= 0.3 is 13.3 Å². The fourth-order valence-electron chi connectivity index (χ4n) is 9.10. The SMILES string of the molecule is CC[C@H]1OC(=O)[C@H](C)[C@@H](O[C@H]2C[C@@](C)(OC)[C@@H](O)[C@H](C)O2)[C@H](C)[C@@H](O[C@@H]2O[C@H](C)C[C@H](N(C)C)[C@H]2O)[C@](C)(O)C[C@@H](C)CN[C@H](C)[C@H]2OB(O)O[C@@]21C. The van der Waals surface area contributed by atoms with Gasteiger partial charge in [0, 0.05) is 31.5 Å². The minimum atomic E-state index is -1.53. The van der Waals surface area contributed by atoms with Gasteiger partial charge in [-0.05, 0) is 94.3 Å². The van der Waals surface area contributed by atoms with Crippen molar-refractivity contribution >= 4 is 13.3 Å². The standard InChI is InChI=1S/C37H69BN2O13/c1-14-26-37(10)32(52-38(45)53-37)23(6)39-18-19(2)16-35(8,44)31(51-34-28(41)25(40(11)12)15-20(3)47-34)21(4)29(22(5)33(43)49-26)50-27-17-36(9,46-13)30(42)24(7)48-27/h19-32,34,39,41-42,44-45H,14-18H2,1-13H3/t19-,20-,21+,22-,23-,24+,25+,26-,27+,28-,29+,30+,31-,32-,34+,35-,36-,37-/m1/s1. The Bertz CT molecular complexity index is 1200. The molecular formula is C37H69BN2O13. The molecule has 0 spiro atoms. The van der Waals surface area contributed by atoms with E-state index in [1.54, 1.807) is 34.6 Å². The van der Waals surface area contributed by atoms with Gasteiger partial charge in [-0.25, -0.2) is 0 Å². The average Bonchev–Trinajstić information content (AvgIpc) is 3.40. The predicted octanol–water partition coefficient (Wildman–Crippen LogP) is 1.60. The van der Waals surface area contributed by atoms with Gasteiger partial charge in [-0.1, -0.05) is 20.8 Å². The van der Waals surface area contributed by atoms with Crippen LogP contribution in [0.2, 0.25) is 0 Å². The Morgan fingerprint density at radius 2 is 1.68 bits per heavy atom. The van der Waals surface area contributed by atoms with Crippen molar-refractivity contribution in [2.75, 3.05) is 27.7 Å². The van der Waals surface area contributed by atoms with Gasteiger partial charge < -0.3 is 68.3 Å². The van der Waals surface area contributed by atoms with Crippen LogP contribution in [0.3, 0.4) is 0 Å². The number of esters is 1. The first-order valence-corrected chi connectivity index (χ1v) is 19.5. The molecule has 18 atom stereocenters. The largest absolute Gasteiger partial charge is 0.637 e. The summed E-state index contributed by atoms with van der Waals surface area (Å²) in [4.78, 5) is 16.3. The van der Waals surface area contributed by atoms with Crippen LogP contribution >= 0.6 is 0 Å². The fraction of sp³-hybridized carbons (Fsp3) is 0.973. The number of nitrogens with one attached hydrogen (secondary N) is 1. The summed E-state index contributed by atoms with van der Waals surface area (Å²) >= 11 is 0. The van der Waals surface area contributed by atoms with Crippen molar-refractivity contribution in [2.24, 2.45) is 17.8 Å². The topological polar surface area (TPSA) is 187 Å². The maximum atomic E-state index is 14.4. The fourth-order valence-corrected chi connectivity index (χ4v) is 9.10. The van der Waals surface area contributed by atoms with E-state index in [0.717, 1.165) is 0 Å². The average molecular weight is 761 g/mol. The highest BCUT2D eigenvalue weighted by molar-refractivity contribution is 6.35. The molecule has 4 saturated heterocycles. The molecule has 0 radical (unpaired) electrons. The molecule has 16 heteroatoms. The lowest BCUT2D eigenvalue weighted by Crippen LogP contribution is -2.60. The third kappa shape index (κ3) is 9.77. The quantitative estimate of drug-likeness (QED) is 0.186. The molecule has 53 heavy (non-hydrogen) atoms. The molecule has 0 aliphatic carbocycles. The van der Waals surface area contributed by atoms with E-state index in [9.17, 15) is 25.1 Å². The van der Waals surface area contributed by atoms with Crippen LogP contribution in [0, 0.1) is 17.8 Å². The molecule has 0 unspecified atom stereocenters. The third-order valence-electron chi connectivity index (χ3n) is 12.3. The number of nitrogens with zero attached hydrogens (tertiary/aromatic N) is 1. The number of carbonyl (C=O) groups is 1. The van der Waals surface area contributed by atoms with Crippen LogP contribution in [0.1, 0.15) is 94.9 Å². The van der Waals surface area contributed by atoms with E-state index < -0.39 is 97.2 Å². The number of cyclic esters (lactones) is 1. The zero-order chi connectivity index (χ0) is 39.8. The molecule has 4 fully saturated rings. The summed E-state index contributed by atoms with van der Waals surface area (Å²) in [6, 6.07) is -0.602. The van der Waals surface area contributed by atoms with E-state index in [1.165, 1.54) is 7.11 Å². The van der Waals surface area contributed by atoms with E-state index in [2.05, 4.69) is 5.32 Å². The predicted molar refractivity (Wildman–Crippen MR) is 195 cm³/mol. The number of fused-ring (bicyclic) bond motifs is 1. The summed E-state index contributed by atoms with van der Waals surface area (Å²) in [6.45, 7) is 18.7. The molecular weight excluding hydrogens is 691 g/mol. The first kappa shape index (κ1) is 44.7. The molecule has 0 aromatic carbocycles. The summed E-state index contributed by atoms with van der Waals surface area (Å²) in [5.41, 5.74) is -3.75. The zero-order valence-electron chi connectivity index (χ0n) is 34.2. The van der Waals surface area contributed by atoms with E-state index in [-0.39, 0.29) is 36.9 Å². The van der Waals surface area contributed by atoms with Crippen LogP contribution in [0.5, 0.6) is 0 Å². The number of hydrogen-bond acceptors (Lipinski definition) is 15. The molecule has 4 aliphatic rings. The number of ether oxygens (including phenoxy) is 6. The van der Waals surface area contributed by atoms with Crippen molar-refractivity contribution in [3.63, 3.8) is 0 Å². The maximum absolute atomic E-state index is 14.4. The second-order valence-electron chi connectivity index (χ2n) is 17.2. The van der Waals surface area contributed by atoms with Gasteiger partial charge in [0.05, 0.1) is 47.6 Å². The first-order chi connectivity index (χ1) is 24.6. The van der Waals surface area contributed by atoms with Crippen molar-refractivity contribution in [3.05, 3.63) is 0 Å². The summed E-state index contributed by atoms with van der Waals surface area (Å²) in [6.07, 6.45) is -7.04. The summed E-state index contributed by atoms with van der Waals surface area (Å²) in [5.74, 6) is -2.39. The second kappa shape index (κ2) is 17.7. The molecule has 0 saturated carbocycles. The molecule has 0 bridgehead atoms. The Hall–Kier alpha value is -0.985. The molecule has 0 aromatic rings. The number of rotatable bonds is 7. The molecule has 5 N–H and O–H groups in total. The minimum Gasteiger partial charge on any atom is -0.459 e. The van der Waals surface area contributed by atoms with Gasteiger partial charge in [0.15, 0.2) is 12.6 Å². The van der Waals surface area contributed by atoms with E-state index in [4.69, 9.17) is 37.7 Å². The normalized spacial score (nSPS) is 49.6. The van der Waals surface area contributed by atoms with Gasteiger partial charge in [0.2, 0.25) is 0 Å². The van der Waals surface area contributed by atoms with Crippen LogP contribution in [0.4, 0.5) is 0 Å². The van der Waals surface area contributed by atoms with Crippen molar-refractivity contribution in [1.29, 1.82) is 0 Å². The highest BCUT2D eigenvalue weighted by Gasteiger charge is 2.57. The Balaban J connectivity index is 1.80. The monoisotopic (exact) mass is 760 g/mol. The molecule has 0 amide bonds. The highest BCUT2D eigenvalue weighted by atomic mass is 16.7. The van der Waals surface area contributed by atoms with E-state index >= 15 is 0 Å². The second-order valence-corrected chi connectivity index (χ2v) is 17.2. The van der Waals surface area contributed by atoms with Gasteiger partial charge in [0.1, 0.15) is 23.9 Å². The number of aliphatic hydroxyl groups is 3. The van der Waals surface area contributed by atoms with Gasteiger partial charge in [-0.15, -0.1) is 0 Å². The Labute approximate surface area is 316 Å². The number of aliphatic hydroxyl groups excluding tert-OH is 2. The van der Waals surface area contributed by atoms with E-state index in [0.29, 0.717) is 19.4 Å². The minimum absolute atomic E-state index is 0.108. The van der Waals surface area contributed by atoms with Crippen molar-refractivity contribution < 1.29 is 62.9 Å². The van der Waals surface area contributed by atoms with Gasteiger partial charge in [-0.2, -0.15) is 0 Å². The van der Waals surface area contributed by atoms with Crippen LogP contribution in [0.15, 0.2) is 0 Å². The number of methoxy groups -OCH3 is 1. The van der Waals surface area contributed by atoms with Crippen molar-refractivity contribution in [1.82, 2.24) is 10.2 Å². The van der Waals surface area contributed by atoms with Crippen molar-refractivity contribution in [3.8, 4) is 0 Å². The molecule has 15 nitrogen and oxygen atoms in total. The van der Waals surface area contributed by atoms with Crippen molar-refractivity contribution in [2.45, 2.75) is 185 Å². The molecule has 4 heterocycles. The number of hydrogen-bond donors (Lipinski definition) is 5. The van der Waals surface area contributed by atoms with Gasteiger partial charge in [-0.3, -0.25) is 4.79 Å². The van der Waals surface area contributed by atoms with Crippen LogP contribution < -0.4 is 5.32 Å². The maximum Gasteiger partial charge on any atom is 0.637 e. The number of likely N-dealkylation sites (N-methyl/N-ethyl adjacent to an activating group) is 1. The van der Waals surface area contributed by atoms with Crippen LogP contribution in [0.25, 0.3) is 0 Å². The summed E-state index contributed by atoms with van der Waals surface area (Å²) in [5, 5.41) is 49.0. The Morgan fingerprint density at radius 1 is 1.02 bits per heavy atom. The lowest BCUT2D eigenvalue weighted by molar-refractivity contribution is -0.318. The third-order valence-corrected chi connectivity index (χ3v) is 12.3. The summed E-state index contributed by atoms with van der Waals surface area (Å²) < 4.78 is 49.7. The lowest BCUT2D eigenvalue weighted by atomic mass is 9.77. The highest BCUT2D eigenvalue weighted by Crippen LogP contribution is 2.41. The number of carbonyl (C=O) groups excluding carboxylic acids is 1. The van der Waals surface area contributed by atoms with E-state index in [1.807, 2.05) is 53.6 Å². The lowest BCUT2D eigenvalue weighted by Gasteiger charge is -2.48. The smallest absolute Gasteiger partial charge is 0.459 e. The Morgan fingerprint density at radius 3 is 2.28 bits per heavy atom. The van der Waals surface area contributed by atoms with Gasteiger partial charge in [0.25, 0.3) is 0 Å². The molecule has 4 rings (SSSR count). The Kier molecular flexibility index (Phi) is 14.9. The zero-order valence-corrected chi connectivity index (χ0v) is 34.2. The van der Waals surface area contributed by atoms with Crippen LogP contribution in [-0.4, -0.2) is 157 Å². The molecule has 0 aromatic heterocycles. The first-order valence-electron chi connectivity index (χ1n) is 19.5. The molecule has 308 valence electrons.